The summed E-state index contributed by atoms with van der Waals surface area (Å²) in [6.45, 7) is 0.274. The molecule has 9 heteroatoms. The second-order valence-electron chi connectivity index (χ2n) is 5.75. The average molecular weight is 448 g/mol. The van der Waals surface area contributed by atoms with E-state index in [1.165, 1.54) is 17.0 Å². The lowest BCUT2D eigenvalue weighted by Gasteiger charge is -2.09. The van der Waals surface area contributed by atoms with E-state index in [2.05, 4.69) is 21.2 Å². The maximum absolute atomic E-state index is 12.0. The standard InChI is InChI=1S/C18H14BrN3O4S/c1-21-17(23)15(20-18(21)27)9-12-4-7-16(14(19)8-12)26-10-11-2-5-13(6-3-11)22(24)25/h2-9H,10H2,1H3,(H,20,27). The molecule has 1 saturated heterocycles. The molecule has 0 saturated carbocycles. The molecule has 0 atom stereocenters. The van der Waals surface area contributed by atoms with Crippen LogP contribution in [0, 0.1) is 10.1 Å². The van der Waals surface area contributed by atoms with Crippen molar-refractivity contribution in [1.82, 2.24) is 10.2 Å². The summed E-state index contributed by atoms with van der Waals surface area (Å²) < 4.78 is 6.48. The minimum absolute atomic E-state index is 0.0394. The van der Waals surface area contributed by atoms with Crippen molar-refractivity contribution in [2.75, 3.05) is 7.05 Å². The van der Waals surface area contributed by atoms with Gasteiger partial charge in [0.25, 0.3) is 11.6 Å². The van der Waals surface area contributed by atoms with E-state index >= 15 is 0 Å². The zero-order valence-corrected chi connectivity index (χ0v) is 16.5. The van der Waals surface area contributed by atoms with E-state index in [4.69, 9.17) is 17.0 Å². The lowest BCUT2D eigenvalue weighted by Crippen LogP contribution is -2.25. The summed E-state index contributed by atoms with van der Waals surface area (Å²) in [4.78, 5) is 23.6. The first-order valence-electron chi connectivity index (χ1n) is 7.81. The van der Waals surface area contributed by atoms with Crippen LogP contribution in [-0.2, 0) is 11.4 Å². The molecule has 0 unspecified atom stereocenters. The van der Waals surface area contributed by atoms with Crippen LogP contribution in [0.5, 0.6) is 5.75 Å². The Morgan fingerprint density at radius 1 is 1.30 bits per heavy atom. The summed E-state index contributed by atoms with van der Waals surface area (Å²) in [6.07, 6.45) is 1.71. The normalized spacial score (nSPS) is 15.2. The Morgan fingerprint density at radius 2 is 2.00 bits per heavy atom. The highest BCUT2D eigenvalue weighted by Crippen LogP contribution is 2.28. The van der Waals surface area contributed by atoms with E-state index in [1.807, 2.05) is 12.1 Å². The monoisotopic (exact) mass is 447 g/mol. The van der Waals surface area contributed by atoms with Gasteiger partial charge in [-0.25, -0.2) is 0 Å². The molecular weight excluding hydrogens is 434 g/mol. The van der Waals surface area contributed by atoms with Crippen LogP contribution in [0.2, 0.25) is 0 Å². The molecule has 0 radical (unpaired) electrons. The Morgan fingerprint density at radius 3 is 2.56 bits per heavy atom. The quantitative estimate of drug-likeness (QED) is 0.326. The van der Waals surface area contributed by atoms with E-state index in [-0.39, 0.29) is 18.2 Å². The summed E-state index contributed by atoms with van der Waals surface area (Å²) in [7, 11) is 1.61. The van der Waals surface area contributed by atoms with Gasteiger partial charge in [-0.05, 0) is 69.6 Å². The molecule has 1 heterocycles. The van der Waals surface area contributed by atoms with E-state index in [1.54, 1.807) is 31.3 Å². The fourth-order valence-electron chi connectivity index (χ4n) is 2.39. The van der Waals surface area contributed by atoms with Crippen LogP contribution >= 0.6 is 28.1 Å². The maximum Gasteiger partial charge on any atom is 0.276 e. The second kappa shape index (κ2) is 7.85. The smallest absolute Gasteiger partial charge is 0.276 e. The molecule has 7 nitrogen and oxygen atoms in total. The molecule has 1 aliphatic rings. The Labute approximate surface area is 168 Å². The van der Waals surface area contributed by atoms with Gasteiger partial charge in [0, 0.05) is 19.2 Å². The van der Waals surface area contributed by atoms with Gasteiger partial charge in [-0.1, -0.05) is 6.07 Å². The Balaban J connectivity index is 1.69. The first kappa shape index (κ1) is 19.0. The summed E-state index contributed by atoms with van der Waals surface area (Å²) in [6, 6.07) is 11.6. The van der Waals surface area contributed by atoms with Crippen molar-refractivity contribution in [2.24, 2.45) is 0 Å². The minimum Gasteiger partial charge on any atom is -0.488 e. The van der Waals surface area contributed by atoms with Gasteiger partial charge in [-0.3, -0.25) is 19.8 Å². The molecule has 0 bridgehead atoms. The molecule has 2 aromatic carbocycles. The van der Waals surface area contributed by atoms with Crippen LogP contribution in [0.3, 0.4) is 0 Å². The molecule has 2 aromatic rings. The number of hydrogen-bond donors (Lipinski definition) is 1. The number of rotatable bonds is 5. The van der Waals surface area contributed by atoms with Gasteiger partial charge in [0.2, 0.25) is 0 Å². The van der Waals surface area contributed by atoms with Gasteiger partial charge < -0.3 is 10.1 Å². The van der Waals surface area contributed by atoms with Gasteiger partial charge in [-0.2, -0.15) is 0 Å². The Kier molecular flexibility index (Phi) is 5.52. The van der Waals surface area contributed by atoms with Crippen molar-refractivity contribution in [1.29, 1.82) is 0 Å². The van der Waals surface area contributed by atoms with E-state index in [9.17, 15) is 14.9 Å². The number of thiocarbonyl (C=S) groups is 1. The van der Waals surface area contributed by atoms with Gasteiger partial charge in [0.05, 0.1) is 9.40 Å². The maximum atomic E-state index is 12.0. The van der Waals surface area contributed by atoms with Crippen LogP contribution < -0.4 is 10.1 Å². The van der Waals surface area contributed by atoms with Crippen LogP contribution in [0.15, 0.2) is 52.6 Å². The number of halogens is 1. The summed E-state index contributed by atoms with van der Waals surface area (Å²) in [5.74, 6) is 0.434. The van der Waals surface area contributed by atoms with Crippen molar-refractivity contribution < 1.29 is 14.5 Å². The first-order chi connectivity index (χ1) is 12.8. The van der Waals surface area contributed by atoms with Crippen LogP contribution in [0.1, 0.15) is 11.1 Å². The number of nitro groups is 1. The van der Waals surface area contributed by atoms with Crippen molar-refractivity contribution >= 4 is 50.9 Å². The van der Waals surface area contributed by atoms with Crippen LogP contribution in [-0.4, -0.2) is 27.9 Å². The molecule has 0 aliphatic carbocycles. The lowest BCUT2D eigenvalue weighted by molar-refractivity contribution is -0.384. The molecule has 27 heavy (non-hydrogen) atoms. The summed E-state index contributed by atoms with van der Waals surface area (Å²) >= 11 is 8.50. The number of ether oxygens (including phenoxy) is 1. The second-order valence-corrected chi connectivity index (χ2v) is 7.00. The topological polar surface area (TPSA) is 84.7 Å². The highest BCUT2D eigenvalue weighted by molar-refractivity contribution is 9.10. The molecule has 3 rings (SSSR count). The zero-order chi connectivity index (χ0) is 19.6. The highest BCUT2D eigenvalue weighted by Gasteiger charge is 2.26. The van der Waals surface area contributed by atoms with Crippen molar-refractivity contribution in [3.63, 3.8) is 0 Å². The highest BCUT2D eigenvalue weighted by atomic mass is 79.9. The number of benzene rings is 2. The number of nitrogens with zero attached hydrogens (tertiary/aromatic N) is 2. The van der Waals surface area contributed by atoms with Crippen LogP contribution in [0.25, 0.3) is 6.08 Å². The Hall–Kier alpha value is -2.78. The van der Waals surface area contributed by atoms with Gasteiger partial charge in [-0.15, -0.1) is 0 Å². The van der Waals surface area contributed by atoms with Gasteiger partial charge >= 0.3 is 0 Å². The molecule has 1 N–H and O–H groups in total. The third-order valence-electron chi connectivity index (χ3n) is 3.89. The van der Waals surface area contributed by atoms with Crippen molar-refractivity contribution in [3.05, 3.63) is 73.9 Å². The lowest BCUT2D eigenvalue weighted by atomic mass is 10.2. The molecule has 1 aliphatic heterocycles. The molecule has 1 fully saturated rings. The predicted molar refractivity (Wildman–Crippen MR) is 108 cm³/mol. The van der Waals surface area contributed by atoms with Crippen LogP contribution in [0.4, 0.5) is 5.69 Å². The predicted octanol–water partition coefficient (Wildman–Crippen LogP) is 3.62. The van der Waals surface area contributed by atoms with E-state index in [0.29, 0.717) is 16.6 Å². The molecule has 0 aromatic heterocycles. The first-order valence-corrected chi connectivity index (χ1v) is 9.01. The summed E-state index contributed by atoms with van der Waals surface area (Å²) in [5, 5.41) is 13.9. The molecule has 0 spiro atoms. The van der Waals surface area contributed by atoms with Gasteiger partial charge in [0.15, 0.2) is 5.11 Å². The number of hydrogen-bond acceptors (Lipinski definition) is 5. The van der Waals surface area contributed by atoms with E-state index < -0.39 is 4.92 Å². The van der Waals surface area contributed by atoms with Crippen molar-refractivity contribution in [3.8, 4) is 5.75 Å². The number of amides is 1. The van der Waals surface area contributed by atoms with Crippen molar-refractivity contribution in [2.45, 2.75) is 6.61 Å². The average Bonchev–Trinajstić information content (AvgIpc) is 2.88. The molecular formula is C18H14BrN3O4S. The third kappa shape index (κ3) is 4.32. The number of nitro benzene ring substituents is 1. The Bertz CT molecular complexity index is 960. The summed E-state index contributed by atoms with van der Waals surface area (Å²) in [5.41, 5.74) is 2.07. The number of likely N-dealkylation sites (N-methyl/N-ethyl adjacent to an activating group) is 1. The minimum atomic E-state index is -0.442. The number of non-ortho nitro benzene ring substituents is 1. The third-order valence-corrected chi connectivity index (χ3v) is 4.89. The van der Waals surface area contributed by atoms with Gasteiger partial charge in [0.1, 0.15) is 18.1 Å². The number of nitrogens with one attached hydrogen (secondary N) is 1. The SMILES string of the molecule is CN1C(=O)C(=Cc2ccc(OCc3ccc([N+](=O)[O-])cc3)c(Br)c2)NC1=S. The zero-order valence-electron chi connectivity index (χ0n) is 14.1. The fourth-order valence-corrected chi connectivity index (χ4v) is 3.09. The number of carbonyl (C=O) groups excluding carboxylic acids is 1. The molecule has 1 amide bonds. The van der Waals surface area contributed by atoms with E-state index in [0.717, 1.165) is 15.6 Å². The number of carbonyl (C=O) groups is 1. The molecule has 138 valence electrons. The largest absolute Gasteiger partial charge is 0.488 e. The fraction of sp³-hybridized carbons (Fsp3) is 0.111.